The number of thioether (sulfide) groups is 2. The van der Waals surface area contributed by atoms with Gasteiger partial charge in [-0.15, -0.1) is 0 Å². The highest BCUT2D eigenvalue weighted by Crippen LogP contribution is 2.20. The summed E-state index contributed by atoms with van der Waals surface area (Å²) in [4.78, 5) is 23.5. The molecule has 9 heteroatoms. The Labute approximate surface area is 178 Å². The van der Waals surface area contributed by atoms with Gasteiger partial charge in [0.25, 0.3) is 0 Å². The lowest BCUT2D eigenvalue weighted by Crippen LogP contribution is -2.08. The van der Waals surface area contributed by atoms with Crippen molar-refractivity contribution in [1.82, 2.24) is 0 Å². The van der Waals surface area contributed by atoms with Crippen molar-refractivity contribution >= 4 is 34.1 Å². The van der Waals surface area contributed by atoms with Crippen molar-refractivity contribution < 1.29 is 33.3 Å². The number of benzene rings is 2. The minimum absolute atomic E-state index is 0.371. The summed E-state index contributed by atoms with van der Waals surface area (Å²) >= 11 is 2.05. The Morgan fingerprint density at radius 1 is 0.655 bits per heavy atom. The van der Waals surface area contributed by atoms with Crippen molar-refractivity contribution in [2.45, 2.75) is 0 Å². The first-order valence-corrected chi connectivity index (χ1v) is 10.6. The maximum Gasteiger partial charge on any atom is 0.372 e. The van der Waals surface area contributed by atoms with Crippen LogP contribution in [0, 0.1) is 0 Å². The zero-order valence-electron chi connectivity index (χ0n) is 16.1. The number of ether oxygens (including phenoxy) is 5. The lowest BCUT2D eigenvalue weighted by Gasteiger charge is -2.06. The molecule has 0 N–H and O–H groups in total. The topological polar surface area (TPSA) is 80.3 Å². The molecule has 0 unspecified atom stereocenters. The van der Waals surface area contributed by atoms with Crippen LogP contribution in [0.1, 0.15) is 0 Å². The molecule has 7 nitrogen and oxygen atoms in total. The molecule has 0 bridgehead atoms. The average Bonchev–Trinajstić information content (AvgIpc) is 2.74. The standard InChI is InChI=1S/C20H22O7S2/c1-23-15-3-7-17(8-4-15)26-19(21)28-13-11-25-12-14-29-20(22)27-18-9-5-16(24-2)6-10-18/h3-10H,11-14H2,1-2H3. The van der Waals surface area contributed by atoms with Crippen LogP contribution < -0.4 is 18.9 Å². The van der Waals surface area contributed by atoms with E-state index in [0.717, 1.165) is 23.5 Å². The molecule has 0 fully saturated rings. The van der Waals surface area contributed by atoms with Gasteiger partial charge >= 0.3 is 10.6 Å². The number of hydrogen-bond acceptors (Lipinski definition) is 9. The van der Waals surface area contributed by atoms with Crippen molar-refractivity contribution in [3.63, 3.8) is 0 Å². The molecule has 2 aromatic carbocycles. The maximum atomic E-state index is 11.7. The van der Waals surface area contributed by atoms with Crippen molar-refractivity contribution in [3.05, 3.63) is 48.5 Å². The van der Waals surface area contributed by atoms with Gasteiger partial charge in [-0.25, -0.2) is 9.59 Å². The van der Waals surface area contributed by atoms with Crippen molar-refractivity contribution in [2.75, 3.05) is 38.9 Å². The molecule has 0 aliphatic rings. The molecule has 156 valence electrons. The fraction of sp³-hybridized carbons (Fsp3) is 0.300. The van der Waals surface area contributed by atoms with Crippen molar-refractivity contribution in [3.8, 4) is 23.0 Å². The van der Waals surface area contributed by atoms with E-state index in [1.165, 1.54) is 0 Å². The normalized spacial score (nSPS) is 10.3. The highest BCUT2D eigenvalue weighted by molar-refractivity contribution is 8.13. The van der Waals surface area contributed by atoms with E-state index in [-0.39, 0.29) is 0 Å². The van der Waals surface area contributed by atoms with Crippen molar-refractivity contribution in [1.29, 1.82) is 0 Å². The van der Waals surface area contributed by atoms with Crippen LogP contribution in [0.5, 0.6) is 23.0 Å². The number of rotatable bonds is 10. The van der Waals surface area contributed by atoms with E-state index in [1.54, 1.807) is 62.8 Å². The van der Waals surface area contributed by atoms with Crippen LogP contribution in [-0.4, -0.2) is 49.5 Å². The van der Waals surface area contributed by atoms with Gasteiger partial charge in [-0.1, -0.05) is 0 Å². The molecule has 0 radical (unpaired) electrons. The number of carbonyl (C=O) groups is 2. The zero-order valence-corrected chi connectivity index (χ0v) is 17.8. The predicted molar refractivity (Wildman–Crippen MR) is 114 cm³/mol. The fourth-order valence-corrected chi connectivity index (χ4v) is 3.05. The lowest BCUT2D eigenvalue weighted by atomic mass is 10.3. The molecule has 29 heavy (non-hydrogen) atoms. The summed E-state index contributed by atoms with van der Waals surface area (Å²) in [5.74, 6) is 3.20. The van der Waals surface area contributed by atoms with E-state index in [0.29, 0.717) is 47.7 Å². The number of carbonyl (C=O) groups excluding carboxylic acids is 2. The highest BCUT2D eigenvalue weighted by Gasteiger charge is 2.08. The van der Waals surface area contributed by atoms with Gasteiger partial charge in [0.15, 0.2) is 0 Å². The van der Waals surface area contributed by atoms with Crippen LogP contribution in [0.4, 0.5) is 9.59 Å². The van der Waals surface area contributed by atoms with Gasteiger partial charge in [-0.05, 0) is 72.1 Å². The SMILES string of the molecule is COc1ccc(OC(=O)SCCOCCSC(=O)Oc2ccc(OC)cc2)cc1. The molecule has 0 spiro atoms. The van der Waals surface area contributed by atoms with E-state index in [1.807, 2.05) is 0 Å². The molecule has 0 heterocycles. The second-order valence-electron chi connectivity index (χ2n) is 5.36. The summed E-state index contributed by atoms with van der Waals surface area (Å²) in [7, 11) is 3.14. The highest BCUT2D eigenvalue weighted by atomic mass is 32.2. The summed E-state index contributed by atoms with van der Waals surface area (Å²) in [6.07, 6.45) is 0. The van der Waals surface area contributed by atoms with Crippen LogP contribution in [-0.2, 0) is 4.74 Å². The van der Waals surface area contributed by atoms with Crippen LogP contribution in [0.15, 0.2) is 48.5 Å². The molecular formula is C20H22O7S2. The third-order valence-electron chi connectivity index (χ3n) is 3.42. The molecule has 0 aliphatic carbocycles. The van der Waals surface area contributed by atoms with Gasteiger partial charge in [-0.2, -0.15) is 0 Å². The minimum Gasteiger partial charge on any atom is -0.497 e. The Kier molecular flexibility index (Phi) is 10.3. The zero-order chi connectivity index (χ0) is 20.9. The minimum atomic E-state index is -0.406. The largest absolute Gasteiger partial charge is 0.497 e. The first-order chi connectivity index (χ1) is 14.1. The van der Waals surface area contributed by atoms with Crippen LogP contribution >= 0.6 is 23.5 Å². The van der Waals surface area contributed by atoms with Gasteiger partial charge in [-0.3, -0.25) is 0 Å². The lowest BCUT2D eigenvalue weighted by molar-refractivity contribution is 0.167. The van der Waals surface area contributed by atoms with Gasteiger partial charge in [0.2, 0.25) is 0 Å². The summed E-state index contributed by atoms with van der Waals surface area (Å²) in [5.41, 5.74) is 0. The Morgan fingerprint density at radius 2 is 1.00 bits per heavy atom. The molecule has 0 saturated heterocycles. The average molecular weight is 439 g/mol. The fourth-order valence-electron chi connectivity index (χ4n) is 2.01. The van der Waals surface area contributed by atoms with Crippen molar-refractivity contribution in [2.24, 2.45) is 0 Å². The van der Waals surface area contributed by atoms with Gasteiger partial charge in [0.05, 0.1) is 27.4 Å². The van der Waals surface area contributed by atoms with E-state index in [9.17, 15) is 9.59 Å². The van der Waals surface area contributed by atoms with Gasteiger partial charge < -0.3 is 23.7 Å². The van der Waals surface area contributed by atoms with E-state index in [2.05, 4.69) is 0 Å². The quantitative estimate of drug-likeness (QED) is 0.381. The predicted octanol–water partition coefficient (Wildman–Crippen LogP) is 4.88. The van der Waals surface area contributed by atoms with E-state index < -0.39 is 10.6 Å². The Bertz CT molecular complexity index is 698. The molecular weight excluding hydrogens is 416 g/mol. The van der Waals surface area contributed by atoms with E-state index >= 15 is 0 Å². The summed E-state index contributed by atoms with van der Waals surface area (Å²) in [5, 5.41) is -0.813. The number of hydrogen-bond donors (Lipinski definition) is 0. The molecule has 0 atom stereocenters. The van der Waals surface area contributed by atoms with Crippen LogP contribution in [0.2, 0.25) is 0 Å². The summed E-state index contributed by atoms with van der Waals surface area (Å²) in [6.45, 7) is 0.743. The Hall–Kier alpha value is -2.36. The van der Waals surface area contributed by atoms with E-state index in [4.69, 9.17) is 23.7 Å². The first kappa shape index (κ1) is 22.9. The molecule has 0 aliphatic heterocycles. The van der Waals surface area contributed by atoms with Crippen LogP contribution in [0.25, 0.3) is 0 Å². The number of methoxy groups -OCH3 is 2. The smallest absolute Gasteiger partial charge is 0.372 e. The van der Waals surface area contributed by atoms with Gasteiger partial charge in [0, 0.05) is 11.5 Å². The molecule has 0 amide bonds. The second-order valence-corrected chi connectivity index (χ2v) is 7.42. The Balaban J connectivity index is 1.50. The molecule has 0 aromatic heterocycles. The molecule has 2 rings (SSSR count). The summed E-state index contributed by atoms with van der Waals surface area (Å²) in [6, 6.07) is 13.5. The Morgan fingerprint density at radius 3 is 1.34 bits per heavy atom. The summed E-state index contributed by atoms with van der Waals surface area (Å²) < 4.78 is 25.9. The maximum absolute atomic E-state index is 11.7. The second kappa shape index (κ2) is 13.0. The third kappa shape index (κ3) is 9.12. The molecule has 2 aromatic rings. The third-order valence-corrected chi connectivity index (χ3v) is 4.80. The monoisotopic (exact) mass is 438 g/mol. The van der Waals surface area contributed by atoms with Gasteiger partial charge in [0.1, 0.15) is 23.0 Å². The first-order valence-electron chi connectivity index (χ1n) is 8.66. The van der Waals surface area contributed by atoms with Crippen LogP contribution in [0.3, 0.4) is 0 Å². The molecule has 0 saturated carbocycles.